The Hall–Kier alpha value is -0.542. The molecule has 1 aromatic heterocycles. The molecule has 0 spiro atoms. The standard InChI is InChI=1S/C16H32N4Si2.C13H23N2Si2.Sc/c1-21(2,3)18-11-13-20(14-12-19-22(4,5)6)15-16-9-7-8-10-17-16;1-16(2,3)14-13(15-17(4,5)6)12-10-8-7-9-11-12;/h7-10H,11-15H2,1-6H3;7-11H,1-6H3;/q-2;-1;+3. The quantitative estimate of drug-likeness (QED) is 0.124. The Morgan fingerprint density at radius 1 is 0.700 bits per heavy atom. The van der Waals surface area contributed by atoms with E-state index in [1.165, 1.54) is 0 Å². The summed E-state index contributed by atoms with van der Waals surface area (Å²) in [4.78, 5) is 21.5. The fourth-order valence-corrected chi connectivity index (χ4v) is 6.69. The Balaban J connectivity index is 0.000000765. The molecular formula is C29H55N6ScSi4. The average Bonchev–Trinajstić information content (AvgIpc) is 2.77. The Morgan fingerprint density at radius 2 is 1.20 bits per heavy atom. The third-order valence-corrected chi connectivity index (χ3v) is 9.14. The molecule has 0 radical (unpaired) electrons. The minimum absolute atomic E-state index is 0. The monoisotopic (exact) mass is 644 g/mol. The Bertz CT molecular complexity index is 946. The maximum Gasteiger partial charge on any atom is 3.00 e. The van der Waals surface area contributed by atoms with Crippen LogP contribution in [0.1, 0.15) is 11.3 Å². The summed E-state index contributed by atoms with van der Waals surface area (Å²) in [6.07, 6.45) is 1.87. The van der Waals surface area contributed by atoms with Crippen LogP contribution in [0.15, 0.2) is 59.4 Å². The number of rotatable bonds is 13. The van der Waals surface area contributed by atoms with Gasteiger partial charge in [-0.05, 0) is 30.8 Å². The molecule has 2 rings (SSSR count). The van der Waals surface area contributed by atoms with E-state index < -0.39 is 32.9 Å². The topological polar surface area (TPSA) is 70.8 Å². The molecule has 11 heteroatoms. The van der Waals surface area contributed by atoms with Crippen molar-refractivity contribution in [2.24, 2.45) is 4.66 Å². The molecule has 0 saturated heterocycles. The largest absolute Gasteiger partial charge is 3.00 e. The zero-order valence-electron chi connectivity index (χ0n) is 27.5. The molecule has 0 fully saturated rings. The molecule has 2 aromatic rings. The number of pyridine rings is 1. The summed E-state index contributed by atoms with van der Waals surface area (Å²) >= 11 is 0. The van der Waals surface area contributed by atoms with Gasteiger partial charge in [0.1, 0.15) is 0 Å². The first-order valence-corrected chi connectivity index (χ1v) is 28.0. The Morgan fingerprint density at radius 3 is 1.60 bits per heavy atom. The summed E-state index contributed by atoms with van der Waals surface area (Å²) in [6, 6.07) is 16.5. The third kappa shape index (κ3) is 22.1. The zero-order chi connectivity index (χ0) is 29.7. The van der Waals surface area contributed by atoms with Crippen molar-refractivity contribution in [1.82, 2.24) is 9.88 Å². The van der Waals surface area contributed by atoms with Gasteiger partial charge in [-0.15, -0.1) is 13.1 Å². The van der Waals surface area contributed by atoms with Crippen LogP contribution in [-0.2, 0) is 32.4 Å². The van der Waals surface area contributed by atoms with Gasteiger partial charge in [0.25, 0.3) is 0 Å². The summed E-state index contributed by atoms with van der Waals surface area (Å²) in [5.41, 5.74) is 2.28. The van der Waals surface area contributed by atoms with Gasteiger partial charge in [-0.2, -0.15) is 0 Å². The summed E-state index contributed by atoms with van der Waals surface area (Å²) < 4.78 is 4.89. The minimum Gasteiger partial charge on any atom is -0.664 e. The Labute approximate surface area is 269 Å². The zero-order valence-corrected chi connectivity index (χ0v) is 33.3. The molecule has 1 aromatic carbocycles. The van der Waals surface area contributed by atoms with Crippen LogP contribution in [0.2, 0.25) is 78.6 Å². The van der Waals surface area contributed by atoms with Crippen molar-refractivity contribution in [3.05, 3.63) is 80.9 Å². The fourth-order valence-electron chi connectivity index (χ4n) is 3.42. The third-order valence-electron chi connectivity index (χ3n) is 5.03. The second-order valence-corrected chi connectivity index (χ2v) is 32.4. The number of aromatic nitrogens is 1. The van der Waals surface area contributed by atoms with Gasteiger partial charge in [0.2, 0.25) is 0 Å². The molecular weight excluding hydrogens is 590 g/mol. The summed E-state index contributed by atoms with van der Waals surface area (Å²) in [5.74, 6) is 0.962. The van der Waals surface area contributed by atoms with Crippen LogP contribution in [0.25, 0.3) is 14.9 Å². The van der Waals surface area contributed by atoms with Crippen molar-refractivity contribution in [3.8, 4) is 0 Å². The van der Waals surface area contributed by atoms with Gasteiger partial charge in [0.05, 0.1) is 5.69 Å². The fraction of sp³-hybridized carbons (Fsp3) is 0.586. The van der Waals surface area contributed by atoms with Crippen molar-refractivity contribution in [1.29, 1.82) is 0 Å². The molecule has 220 valence electrons. The van der Waals surface area contributed by atoms with Gasteiger partial charge in [-0.25, -0.2) is 0 Å². The van der Waals surface area contributed by atoms with Crippen LogP contribution in [0.3, 0.4) is 0 Å². The minimum atomic E-state index is -1.49. The molecule has 6 nitrogen and oxygen atoms in total. The molecule has 0 aliphatic carbocycles. The van der Waals surface area contributed by atoms with Crippen LogP contribution in [-0.4, -0.2) is 74.8 Å². The van der Waals surface area contributed by atoms with E-state index in [1.807, 2.05) is 18.3 Å². The van der Waals surface area contributed by atoms with Gasteiger partial charge >= 0.3 is 25.8 Å². The normalized spacial score (nSPS) is 12.9. The molecule has 0 atom stereocenters. The van der Waals surface area contributed by atoms with Crippen molar-refractivity contribution in [2.75, 3.05) is 26.2 Å². The number of nitrogens with zero attached hydrogens (tertiary/aromatic N) is 6. The van der Waals surface area contributed by atoms with Crippen molar-refractivity contribution in [3.63, 3.8) is 0 Å². The smallest absolute Gasteiger partial charge is 0.664 e. The number of hydrogen-bond acceptors (Lipinski definition) is 3. The molecule has 1 heterocycles. The molecule has 0 aliphatic rings. The maximum absolute atomic E-state index is 4.89. The number of benzene rings is 1. The molecule has 40 heavy (non-hydrogen) atoms. The Kier molecular flexibility index (Phi) is 17.9. The summed E-state index contributed by atoms with van der Waals surface area (Å²) in [6.45, 7) is 32.0. The van der Waals surface area contributed by atoms with E-state index in [9.17, 15) is 0 Å². The molecule has 0 N–H and O–H groups in total. The van der Waals surface area contributed by atoms with Crippen molar-refractivity contribution >= 4 is 38.8 Å². The van der Waals surface area contributed by atoms with Gasteiger partial charge in [0.15, 0.2) is 0 Å². The number of amidine groups is 1. The van der Waals surface area contributed by atoms with Crippen LogP contribution < -0.4 is 0 Å². The van der Waals surface area contributed by atoms with Crippen LogP contribution >= 0.6 is 0 Å². The van der Waals surface area contributed by atoms with E-state index in [2.05, 4.69) is 125 Å². The van der Waals surface area contributed by atoms with Gasteiger partial charge in [-0.3, -0.25) is 4.98 Å². The van der Waals surface area contributed by atoms with Gasteiger partial charge in [0, 0.05) is 29.2 Å². The first kappa shape index (κ1) is 39.5. The summed E-state index contributed by atoms with van der Waals surface area (Å²) in [5, 5.41) is 0. The van der Waals surface area contributed by atoms with Crippen molar-refractivity contribution < 1.29 is 25.8 Å². The van der Waals surface area contributed by atoms with E-state index in [4.69, 9.17) is 19.6 Å². The number of hydrogen-bond donors (Lipinski definition) is 0. The van der Waals surface area contributed by atoms with Crippen LogP contribution in [0.5, 0.6) is 0 Å². The molecule has 0 bridgehead atoms. The predicted molar refractivity (Wildman–Crippen MR) is 186 cm³/mol. The maximum atomic E-state index is 4.89. The SMILES string of the molecule is C[Si](C)(C)/N=C(/[N-][Si](C)(C)C)c1ccccc1.C[Si](C)(C)[N-]CCN(CC[N-][Si](C)(C)C)Cc1ccccn1.[Sc+3]. The van der Waals surface area contributed by atoms with E-state index >= 15 is 0 Å². The average molecular weight is 645 g/mol. The van der Waals surface area contributed by atoms with Gasteiger partial charge in [-0.1, -0.05) is 137 Å². The van der Waals surface area contributed by atoms with Crippen molar-refractivity contribution in [2.45, 2.75) is 85.1 Å². The molecule has 0 aliphatic heterocycles. The van der Waals surface area contributed by atoms with E-state index in [-0.39, 0.29) is 25.8 Å². The van der Waals surface area contributed by atoms with Gasteiger partial charge < -0.3 is 24.5 Å². The second kappa shape index (κ2) is 18.2. The first-order valence-electron chi connectivity index (χ1n) is 14.2. The predicted octanol–water partition coefficient (Wildman–Crippen LogP) is 8.78. The summed E-state index contributed by atoms with van der Waals surface area (Å²) in [7, 11) is -5.60. The molecule has 0 amide bonds. The van der Waals surface area contributed by atoms with Crippen LogP contribution in [0, 0.1) is 0 Å². The first-order chi connectivity index (χ1) is 17.8. The van der Waals surface area contributed by atoms with Crippen LogP contribution in [0.4, 0.5) is 0 Å². The van der Waals surface area contributed by atoms with E-state index in [0.717, 1.165) is 49.8 Å². The molecule has 0 saturated carbocycles. The van der Waals surface area contributed by atoms with E-state index in [0.29, 0.717) is 0 Å². The van der Waals surface area contributed by atoms with E-state index in [1.54, 1.807) is 0 Å². The molecule has 0 unspecified atom stereocenters. The second-order valence-electron chi connectivity index (χ2n) is 14.0.